The monoisotopic (exact) mass is 341 g/mol. The maximum Gasteiger partial charge on any atom is 0.101 e. The van der Waals surface area contributed by atoms with Crippen LogP contribution in [0.2, 0.25) is 5.02 Å². The molecule has 2 aromatic rings. The van der Waals surface area contributed by atoms with Crippen molar-refractivity contribution >= 4 is 23.0 Å². The van der Waals surface area contributed by atoms with Crippen molar-refractivity contribution in [3.8, 4) is 6.07 Å². The molecule has 1 fully saturated rings. The zero-order chi connectivity index (χ0) is 16.9. The number of piperidine rings is 1. The lowest BCUT2D eigenvalue weighted by Crippen LogP contribution is -2.36. The summed E-state index contributed by atoms with van der Waals surface area (Å²) in [5.74, 6) is 0. The quantitative estimate of drug-likeness (QED) is 0.888. The molecule has 0 unspecified atom stereocenters. The topological polar surface area (TPSA) is 59.3 Å². The zero-order valence-corrected chi connectivity index (χ0v) is 14.1. The number of nitrogens with zero attached hydrogens (tertiary/aromatic N) is 2. The first kappa shape index (κ1) is 16.6. The van der Waals surface area contributed by atoms with Gasteiger partial charge in [0, 0.05) is 30.3 Å². The van der Waals surface area contributed by atoms with E-state index in [0.717, 1.165) is 47.9 Å². The van der Waals surface area contributed by atoms with Crippen molar-refractivity contribution in [2.75, 3.05) is 23.3 Å². The molecule has 3 rings (SSSR count). The Morgan fingerprint density at radius 1 is 1.21 bits per heavy atom. The number of nitriles is 1. The Bertz CT molecular complexity index is 749. The van der Waals surface area contributed by atoms with Crippen LogP contribution in [0.25, 0.3) is 0 Å². The summed E-state index contributed by atoms with van der Waals surface area (Å²) < 4.78 is 0. The van der Waals surface area contributed by atoms with Gasteiger partial charge in [-0.25, -0.2) is 0 Å². The van der Waals surface area contributed by atoms with E-state index in [4.69, 9.17) is 11.6 Å². The van der Waals surface area contributed by atoms with Crippen molar-refractivity contribution in [1.82, 2.24) is 0 Å². The number of aliphatic hydroxyl groups is 1. The van der Waals surface area contributed by atoms with Crippen LogP contribution in [0.5, 0.6) is 0 Å². The van der Waals surface area contributed by atoms with Crippen molar-refractivity contribution in [3.63, 3.8) is 0 Å². The third kappa shape index (κ3) is 3.81. The summed E-state index contributed by atoms with van der Waals surface area (Å²) in [5.41, 5.74) is 3.50. The zero-order valence-electron chi connectivity index (χ0n) is 13.4. The molecule has 2 aromatic carbocycles. The third-order valence-corrected chi connectivity index (χ3v) is 4.73. The van der Waals surface area contributed by atoms with E-state index >= 15 is 0 Å². The molecule has 0 aromatic heterocycles. The predicted octanol–water partition coefficient (Wildman–Crippen LogP) is 3.78. The minimum absolute atomic E-state index is 0.219. The van der Waals surface area contributed by atoms with Gasteiger partial charge in [0.15, 0.2) is 0 Å². The van der Waals surface area contributed by atoms with Crippen molar-refractivity contribution < 1.29 is 5.11 Å². The smallest absolute Gasteiger partial charge is 0.101 e. The molecule has 0 aliphatic carbocycles. The van der Waals surface area contributed by atoms with Gasteiger partial charge in [-0.05, 0) is 42.7 Å². The first-order valence-corrected chi connectivity index (χ1v) is 8.49. The Hall–Kier alpha value is -2.22. The molecule has 4 nitrogen and oxygen atoms in total. The fourth-order valence-corrected chi connectivity index (χ4v) is 3.16. The number of aliphatic hydroxyl groups excluding tert-OH is 1. The number of hydrogen-bond donors (Lipinski definition) is 2. The molecule has 0 radical (unpaired) electrons. The summed E-state index contributed by atoms with van der Waals surface area (Å²) in [4.78, 5) is 2.17. The Morgan fingerprint density at radius 2 is 1.96 bits per heavy atom. The van der Waals surface area contributed by atoms with E-state index in [2.05, 4.69) is 16.3 Å². The van der Waals surface area contributed by atoms with Crippen molar-refractivity contribution in [3.05, 3.63) is 58.6 Å². The Kier molecular flexibility index (Phi) is 5.24. The van der Waals surface area contributed by atoms with Gasteiger partial charge in [-0.1, -0.05) is 29.8 Å². The molecule has 1 heterocycles. The molecule has 0 bridgehead atoms. The largest absolute Gasteiger partial charge is 0.393 e. The Labute approximate surface area is 147 Å². The first-order chi connectivity index (χ1) is 11.7. The number of nitrogens with one attached hydrogen (secondary N) is 1. The summed E-state index contributed by atoms with van der Waals surface area (Å²) in [6.07, 6.45) is 1.28. The molecule has 0 atom stereocenters. The van der Waals surface area contributed by atoms with E-state index in [0.29, 0.717) is 12.1 Å². The van der Waals surface area contributed by atoms with Crippen molar-refractivity contribution in [2.24, 2.45) is 0 Å². The Morgan fingerprint density at radius 3 is 2.67 bits per heavy atom. The average molecular weight is 342 g/mol. The summed E-state index contributed by atoms with van der Waals surface area (Å²) >= 11 is 6.17. The number of rotatable bonds is 4. The molecular formula is C19H20ClN3O. The lowest BCUT2D eigenvalue weighted by Gasteiger charge is -2.32. The molecule has 124 valence electrons. The second-order valence-electron chi connectivity index (χ2n) is 6.01. The summed E-state index contributed by atoms with van der Waals surface area (Å²) in [6, 6.07) is 15.8. The van der Waals surface area contributed by atoms with Gasteiger partial charge in [0.2, 0.25) is 0 Å². The molecule has 24 heavy (non-hydrogen) atoms. The van der Waals surface area contributed by atoms with Gasteiger partial charge >= 0.3 is 0 Å². The molecule has 1 aliphatic rings. The number of anilines is 2. The van der Waals surface area contributed by atoms with E-state index in [1.807, 2.05) is 42.5 Å². The van der Waals surface area contributed by atoms with Crippen LogP contribution < -0.4 is 10.2 Å². The molecule has 1 aliphatic heterocycles. The van der Waals surface area contributed by atoms with Crippen molar-refractivity contribution in [2.45, 2.75) is 25.5 Å². The van der Waals surface area contributed by atoms with E-state index in [-0.39, 0.29) is 6.10 Å². The molecular weight excluding hydrogens is 322 g/mol. The van der Waals surface area contributed by atoms with Crippen LogP contribution in [-0.2, 0) is 6.54 Å². The van der Waals surface area contributed by atoms with Crippen molar-refractivity contribution in [1.29, 1.82) is 5.26 Å². The normalized spacial score (nSPS) is 15.1. The molecule has 0 amide bonds. The highest BCUT2D eigenvalue weighted by molar-refractivity contribution is 6.31. The summed E-state index contributed by atoms with van der Waals surface area (Å²) in [7, 11) is 0. The maximum absolute atomic E-state index is 9.63. The molecule has 0 saturated carbocycles. The third-order valence-electron chi connectivity index (χ3n) is 4.36. The molecule has 0 spiro atoms. The fraction of sp³-hybridized carbons (Fsp3) is 0.316. The lowest BCUT2D eigenvalue weighted by molar-refractivity contribution is 0.145. The molecule has 5 heteroatoms. The van der Waals surface area contributed by atoms with E-state index in [1.54, 1.807) is 0 Å². The van der Waals surface area contributed by atoms with E-state index < -0.39 is 0 Å². The summed E-state index contributed by atoms with van der Waals surface area (Å²) in [5, 5.41) is 23.2. The first-order valence-electron chi connectivity index (χ1n) is 8.12. The van der Waals surface area contributed by atoms with Crippen LogP contribution in [0.4, 0.5) is 11.4 Å². The number of benzene rings is 2. The maximum atomic E-state index is 9.63. The summed E-state index contributed by atoms with van der Waals surface area (Å²) in [6.45, 7) is 2.17. The van der Waals surface area contributed by atoms with E-state index in [1.165, 1.54) is 0 Å². The van der Waals surface area contributed by atoms with Crippen LogP contribution in [-0.4, -0.2) is 24.3 Å². The molecule has 2 N–H and O–H groups in total. The number of halogens is 1. The SMILES string of the molecule is N#Cc1cc(NCc2ccccc2Cl)ccc1N1CCC(O)CC1. The highest BCUT2D eigenvalue weighted by Gasteiger charge is 2.19. The molecule has 1 saturated heterocycles. The standard InChI is InChI=1S/C19H20ClN3O/c20-18-4-2-1-3-14(18)13-22-16-5-6-19(15(11-16)12-21)23-9-7-17(24)8-10-23/h1-6,11,17,22,24H,7-10,13H2. The second-order valence-corrected chi connectivity index (χ2v) is 6.41. The highest BCUT2D eigenvalue weighted by Crippen LogP contribution is 2.27. The Balaban J connectivity index is 1.72. The minimum atomic E-state index is -0.219. The van der Waals surface area contributed by atoms with Crippen LogP contribution in [0.1, 0.15) is 24.0 Å². The van der Waals surface area contributed by atoms with Gasteiger partial charge in [-0.15, -0.1) is 0 Å². The van der Waals surface area contributed by atoms with Gasteiger partial charge in [0.05, 0.1) is 17.4 Å². The van der Waals surface area contributed by atoms with Crippen LogP contribution in [0, 0.1) is 11.3 Å². The average Bonchev–Trinajstić information content (AvgIpc) is 2.61. The van der Waals surface area contributed by atoms with Crippen LogP contribution >= 0.6 is 11.6 Å². The number of hydrogen-bond acceptors (Lipinski definition) is 4. The van der Waals surface area contributed by atoms with Gasteiger partial charge < -0.3 is 15.3 Å². The highest BCUT2D eigenvalue weighted by atomic mass is 35.5. The second kappa shape index (κ2) is 7.57. The van der Waals surface area contributed by atoms with Gasteiger partial charge in [0.25, 0.3) is 0 Å². The van der Waals surface area contributed by atoms with Crippen LogP contribution in [0.15, 0.2) is 42.5 Å². The van der Waals surface area contributed by atoms with Gasteiger partial charge in [0.1, 0.15) is 6.07 Å². The van der Waals surface area contributed by atoms with Crippen LogP contribution in [0.3, 0.4) is 0 Å². The minimum Gasteiger partial charge on any atom is -0.393 e. The van der Waals surface area contributed by atoms with E-state index in [9.17, 15) is 10.4 Å². The van der Waals surface area contributed by atoms with Gasteiger partial charge in [-0.2, -0.15) is 5.26 Å². The predicted molar refractivity (Wildman–Crippen MR) is 97.4 cm³/mol. The fourth-order valence-electron chi connectivity index (χ4n) is 2.96. The lowest BCUT2D eigenvalue weighted by atomic mass is 10.0. The van der Waals surface area contributed by atoms with Gasteiger partial charge in [-0.3, -0.25) is 0 Å².